The SMILES string of the molecule is CCCNCc1sc(C(CC)OC)nc1C(C)(C)C. The third kappa shape index (κ3) is 4.55. The molecule has 0 aliphatic carbocycles. The molecule has 1 unspecified atom stereocenters. The fraction of sp³-hybridized carbons (Fsp3) is 0.800. The zero-order valence-corrected chi connectivity index (χ0v) is 14.0. The van der Waals surface area contributed by atoms with Crippen LogP contribution < -0.4 is 5.32 Å². The van der Waals surface area contributed by atoms with Crippen molar-refractivity contribution in [2.45, 2.75) is 65.5 Å². The number of hydrogen-bond acceptors (Lipinski definition) is 4. The molecule has 0 bridgehead atoms. The minimum absolute atomic E-state index is 0.0873. The minimum atomic E-state index is 0.0873. The molecule has 0 amide bonds. The molecule has 1 atom stereocenters. The number of nitrogens with zero attached hydrogens (tertiary/aromatic N) is 1. The molecule has 0 spiro atoms. The molecule has 1 rings (SSSR count). The molecular weight excluding hydrogens is 256 g/mol. The van der Waals surface area contributed by atoms with Crippen LogP contribution >= 0.6 is 11.3 Å². The first-order valence-electron chi connectivity index (χ1n) is 7.17. The van der Waals surface area contributed by atoms with E-state index in [-0.39, 0.29) is 11.5 Å². The molecule has 1 heterocycles. The average molecular weight is 284 g/mol. The van der Waals surface area contributed by atoms with Crippen LogP contribution in [0.1, 0.15) is 69.1 Å². The minimum Gasteiger partial charge on any atom is -0.374 e. The summed E-state index contributed by atoms with van der Waals surface area (Å²) in [6.07, 6.45) is 2.26. The summed E-state index contributed by atoms with van der Waals surface area (Å²) < 4.78 is 5.52. The smallest absolute Gasteiger partial charge is 0.122 e. The predicted molar refractivity (Wildman–Crippen MR) is 82.9 cm³/mol. The van der Waals surface area contributed by atoms with Gasteiger partial charge in [0.2, 0.25) is 0 Å². The molecule has 0 aliphatic heterocycles. The Kier molecular flexibility index (Phi) is 6.43. The van der Waals surface area contributed by atoms with Crippen LogP contribution in [0.25, 0.3) is 0 Å². The van der Waals surface area contributed by atoms with Crippen LogP contribution in [0.4, 0.5) is 0 Å². The van der Waals surface area contributed by atoms with Crippen molar-refractivity contribution in [2.75, 3.05) is 13.7 Å². The summed E-state index contributed by atoms with van der Waals surface area (Å²) >= 11 is 1.80. The summed E-state index contributed by atoms with van der Waals surface area (Å²) in [6.45, 7) is 13.0. The third-order valence-corrected chi connectivity index (χ3v) is 4.21. The highest BCUT2D eigenvalue weighted by Crippen LogP contribution is 2.33. The summed E-state index contributed by atoms with van der Waals surface area (Å²) in [6, 6.07) is 0. The van der Waals surface area contributed by atoms with Crippen LogP contribution in [-0.2, 0) is 16.7 Å². The number of methoxy groups -OCH3 is 1. The molecule has 1 aromatic heterocycles. The monoisotopic (exact) mass is 284 g/mol. The lowest BCUT2D eigenvalue weighted by molar-refractivity contribution is 0.0995. The van der Waals surface area contributed by atoms with Gasteiger partial charge in [0, 0.05) is 23.9 Å². The molecule has 0 radical (unpaired) electrons. The van der Waals surface area contributed by atoms with E-state index in [4.69, 9.17) is 9.72 Å². The topological polar surface area (TPSA) is 34.1 Å². The van der Waals surface area contributed by atoms with Crippen LogP contribution in [0.5, 0.6) is 0 Å². The normalized spacial score (nSPS) is 13.8. The Hall–Kier alpha value is -0.450. The molecule has 3 nitrogen and oxygen atoms in total. The second kappa shape index (κ2) is 7.36. The first-order valence-corrected chi connectivity index (χ1v) is 7.99. The van der Waals surface area contributed by atoms with Gasteiger partial charge in [0.1, 0.15) is 11.1 Å². The lowest BCUT2D eigenvalue weighted by Crippen LogP contribution is -2.19. The Bertz CT molecular complexity index is 378. The van der Waals surface area contributed by atoms with Crippen molar-refractivity contribution in [1.29, 1.82) is 0 Å². The van der Waals surface area contributed by atoms with Crippen LogP contribution in [0, 0.1) is 0 Å². The van der Waals surface area contributed by atoms with E-state index in [0.29, 0.717) is 0 Å². The Morgan fingerprint density at radius 2 is 2.00 bits per heavy atom. The predicted octanol–water partition coefficient (Wildman–Crippen LogP) is 4.04. The molecule has 1 aromatic rings. The molecular formula is C15H28N2OS. The second-order valence-corrected chi connectivity index (χ2v) is 7.00. The number of ether oxygens (including phenoxy) is 1. The second-order valence-electron chi connectivity index (χ2n) is 5.88. The maximum absolute atomic E-state index is 5.52. The lowest BCUT2D eigenvalue weighted by atomic mass is 9.91. The molecule has 19 heavy (non-hydrogen) atoms. The molecule has 110 valence electrons. The van der Waals surface area contributed by atoms with E-state index in [2.05, 4.69) is 39.9 Å². The van der Waals surface area contributed by atoms with Crippen LogP contribution in [0.15, 0.2) is 0 Å². The van der Waals surface area contributed by atoms with Crippen molar-refractivity contribution in [3.63, 3.8) is 0 Å². The highest BCUT2D eigenvalue weighted by molar-refractivity contribution is 7.11. The van der Waals surface area contributed by atoms with E-state index in [1.54, 1.807) is 18.4 Å². The zero-order valence-electron chi connectivity index (χ0n) is 13.2. The van der Waals surface area contributed by atoms with E-state index < -0.39 is 0 Å². The van der Waals surface area contributed by atoms with E-state index in [9.17, 15) is 0 Å². The average Bonchev–Trinajstić information content (AvgIpc) is 2.75. The van der Waals surface area contributed by atoms with Gasteiger partial charge in [-0.3, -0.25) is 0 Å². The van der Waals surface area contributed by atoms with Crippen LogP contribution in [0.3, 0.4) is 0 Å². The lowest BCUT2D eigenvalue weighted by Gasteiger charge is -2.18. The zero-order chi connectivity index (χ0) is 14.5. The fourth-order valence-corrected chi connectivity index (χ4v) is 3.44. The molecule has 0 aliphatic rings. The largest absolute Gasteiger partial charge is 0.374 e. The molecule has 0 saturated carbocycles. The maximum atomic E-state index is 5.52. The highest BCUT2D eigenvalue weighted by Gasteiger charge is 2.25. The standard InChI is InChI=1S/C15H28N2OS/c1-7-9-16-10-12-13(15(3,4)5)17-14(19-12)11(8-2)18-6/h11,16H,7-10H2,1-6H3. The van der Waals surface area contributed by atoms with Crippen molar-refractivity contribution in [1.82, 2.24) is 10.3 Å². The summed E-state index contributed by atoms with van der Waals surface area (Å²) in [4.78, 5) is 6.21. The number of hydrogen-bond donors (Lipinski definition) is 1. The van der Waals surface area contributed by atoms with Crippen molar-refractivity contribution in [3.05, 3.63) is 15.6 Å². The van der Waals surface area contributed by atoms with E-state index >= 15 is 0 Å². The van der Waals surface area contributed by atoms with E-state index in [0.717, 1.165) is 30.9 Å². The van der Waals surface area contributed by atoms with Gasteiger partial charge < -0.3 is 10.1 Å². The summed E-state index contributed by atoms with van der Waals surface area (Å²) in [5.41, 5.74) is 1.30. The van der Waals surface area contributed by atoms with Gasteiger partial charge in [-0.25, -0.2) is 4.98 Å². The fourth-order valence-electron chi connectivity index (χ4n) is 2.03. The Labute approximate surface area is 121 Å². The summed E-state index contributed by atoms with van der Waals surface area (Å²) in [5.74, 6) is 0. The Morgan fingerprint density at radius 3 is 2.47 bits per heavy atom. The maximum Gasteiger partial charge on any atom is 0.122 e. The first kappa shape index (κ1) is 16.6. The van der Waals surface area contributed by atoms with Gasteiger partial charge in [-0.15, -0.1) is 11.3 Å². The van der Waals surface area contributed by atoms with Crippen LogP contribution in [0.2, 0.25) is 0 Å². The Morgan fingerprint density at radius 1 is 1.32 bits per heavy atom. The van der Waals surface area contributed by atoms with Crippen molar-refractivity contribution in [3.8, 4) is 0 Å². The van der Waals surface area contributed by atoms with E-state index in [1.165, 1.54) is 10.6 Å². The van der Waals surface area contributed by atoms with Crippen molar-refractivity contribution in [2.24, 2.45) is 0 Å². The molecule has 0 fully saturated rings. The molecule has 0 aromatic carbocycles. The highest BCUT2D eigenvalue weighted by atomic mass is 32.1. The number of aromatic nitrogens is 1. The van der Waals surface area contributed by atoms with E-state index in [1.807, 2.05) is 0 Å². The first-order chi connectivity index (χ1) is 8.93. The number of rotatable bonds is 7. The molecule has 1 N–H and O–H groups in total. The van der Waals surface area contributed by atoms with Gasteiger partial charge in [0.25, 0.3) is 0 Å². The quantitative estimate of drug-likeness (QED) is 0.767. The van der Waals surface area contributed by atoms with Gasteiger partial charge in [-0.05, 0) is 19.4 Å². The molecule has 4 heteroatoms. The van der Waals surface area contributed by atoms with Gasteiger partial charge >= 0.3 is 0 Å². The summed E-state index contributed by atoms with van der Waals surface area (Å²) in [5, 5.41) is 4.60. The summed E-state index contributed by atoms with van der Waals surface area (Å²) in [7, 11) is 1.77. The van der Waals surface area contributed by atoms with Gasteiger partial charge in [0.05, 0.1) is 5.69 Å². The van der Waals surface area contributed by atoms with Crippen LogP contribution in [-0.4, -0.2) is 18.6 Å². The van der Waals surface area contributed by atoms with Crippen molar-refractivity contribution < 1.29 is 4.74 Å². The van der Waals surface area contributed by atoms with Crippen molar-refractivity contribution >= 4 is 11.3 Å². The number of thiazole rings is 1. The number of nitrogens with one attached hydrogen (secondary N) is 1. The molecule has 0 saturated heterocycles. The van der Waals surface area contributed by atoms with Gasteiger partial charge in [-0.2, -0.15) is 0 Å². The Balaban J connectivity index is 2.98. The third-order valence-electron chi connectivity index (χ3n) is 3.07. The van der Waals surface area contributed by atoms with Gasteiger partial charge in [0.15, 0.2) is 0 Å². The van der Waals surface area contributed by atoms with Gasteiger partial charge in [-0.1, -0.05) is 34.6 Å².